The minimum absolute atomic E-state index is 0.0758. The molecule has 0 radical (unpaired) electrons. The van der Waals surface area contributed by atoms with Crippen molar-refractivity contribution in [2.45, 2.75) is 56.1 Å². The minimum atomic E-state index is -1.63. The first-order valence-electron chi connectivity index (χ1n) is 10.8. The molecule has 3 aliphatic rings. The molecule has 32 heavy (non-hydrogen) atoms. The van der Waals surface area contributed by atoms with Crippen LogP contribution in [-0.2, 0) is 19.1 Å². The number of rotatable bonds is 4. The van der Waals surface area contributed by atoms with E-state index in [1.807, 2.05) is 0 Å². The fourth-order valence-electron chi connectivity index (χ4n) is 5.13. The van der Waals surface area contributed by atoms with Crippen molar-refractivity contribution in [1.82, 2.24) is 9.80 Å². The van der Waals surface area contributed by atoms with Crippen LogP contribution in [0, 0.1) is 11.3 Å². The van der Waals surface area contributed by atoms with Crippen molar-refractivity contribution < 1.29 is 23.9 Å². The third kappa shape index (κ3) is 3.05. The maximum absolute atomic E-state index is 13.3. The number of carbonyl (C=O) groups excluding carboxylic acids is 4. The highest BCUT2D eigenvalue weighted by Crippen LogP contribution is 2.44. The fourth-order valence-corrected chi connectivity index (χ4v) is 5.13. The third-order valence-corrected chi connectivity index (χ3v) is 7.10. The summed E-state index contributed by atoms with van der Waals surface area (Å²) in [4.78, 5) is 55.8. The summed E-state index contributed by atoms with van der Waals surface area (Å²) in [5.41, 5.74) is -1.83. The van der Waals surface area contributed by atoms with E-state index in [-0.39, 0.29) is 18.7 Å². The average molecular weight is 438 g/mol. The molecule has 2 aliphatic heterocycles. The van der Waals surface area contributed by atoms with Crippen LogP contribution in [0.4, 0.5) is 5.69 Å². The Morgan fingerprint density at radius 3 is 2.53 bits per heavy atom. The molecule has 3 amide bonds. The van der Waals surface area contributed by atoms with Gasteiger partial charge in [-0.1, -0.05) is 31.4 Å². The summed E-state index contributed by atoms with van der Waals surface area (Å²) in [7, 11) is 3.02. The number of para-hydroxylation sites is 1. The molecule has 0 bridgehead atoms. The summed E-state index contributed by atoms with van der Waals surface area (Å²) in [5.74, 6) is -2.00. The highest BCUT2D eigenvalue weighted by molar-refractivity contribution is 6.15. The van der Waals surface area contributed by atoms with Crippen LogP contribution in [0.2, 0.25) is 0 Å². The number of nitriles is 1. The lowest BCUT2D eigenvalue weighted by molar-refractivity contribution is -0.162. The van der Waals surface area contributed by atoms with E-state index in [1.54, 1.807) is 31.3 Å². The van der Waals surface area contributed by atoms with E-state index < -0.39 is 35.6 Å². The van der Waals surface area contributed by atoms with Gasteiger partial charge in [0.25, 0.3) is 11.8 Å². The molecule has 1 aromatic rings. The number of likely N-dealkylation sites (N-methyl/N-ethyl adjacent to an activating group) is 2. The highest BCUT2D eigenvalue weighted by atomic mass is 16.5. The number of hydrogen-bond donors (Lipinski definition) is 0. The summed E-state index contributed by atoms with van der Waals surface area (Å²) >= 11 is 0. The van der Waals surface area contributed by atoms with E-state index in [9.17, 15) is 24.4 Å². The van der Waals surface area contributed by atoms with Crippen LogP contribution in [0.3, 0.4) is 0 Å². The van der Waals surface area contributed by atoms with Gasteiger partial charge in [-0.25, -0.2) is 4.79 Å². The summed E-state index contributed by atoms with van der Waals surface area (Å²) in [6.45, 7) is -0.563. The Hall–Kier alpha value is -3.41. The lowest BCUT2D eigenvalue weighted by Crippen LogP contribution is -2.67. The Bertz CT molecular complexity index is 1030. The molecule has 1 saturated heterocycles. The topological polar surface area (TPSA) is 111 Å². The molecule has 4 rings (SSSR count). The van der Waals surface area contributed by atoms with Crippen LogP contribution in [0.5, 0.6) is 0 Å². The third-order valence-electron chi connectivity index (χ3n) is 7.10. The predicted octanol–water partition coefficient (Wildman–Crippen LogP) is 1.82. The lowest BCUT2D eigenvalue weighted by Gasteiger charge is -2.46. The summed E-state index contributed by atoms with van der Waals surface area (Å²) in [5, 5.41) is 9.71. The molecule has 0 N–H and O–H groups in total. The summed E-state index contributed by atoms with van der Waals surface area (Å²) in [6, 6.07) is 8.91. The number of amides is 3. The van der Waals surface area contributed by atoms with Gasteiger partial charge in [0.05, 0.1) is 17.3 Å². The zero-order chi connectivity index (χ0) is 23.1. The van der Waals surface area contributed by atoms with E-state index in [0.717, 1.165) is 19.3 Å². The first kappa shape index (κ1) is 21.8. The van der Waals surface area contributed by atoms with Crippen LogP contribution in [-0.4, -0.2) is 65.4 Å². The molecule has 0 spiro atoms. The Morgan fingerprint density at radius 2 is 1.84 bits per heavy atom. The molecule has 1 atom stereocenters. The van der Waals surface area contributed by atoms with Crippen molar-refractivity contribution in [1.29, 1.82) is 5.26 Å². The molecule has 2 fully saturated rings. The molecule has 1 aromatic carbocycles. The normalized spacial score (nSPS) is 23.8. The van der Waals surface area contributed by atoms with Gasteiger partial charge in [0, 0.05) is 26.9 Å². The Balaban J connectivity index is 1.56. The predicted molar refractivity (Wildman–Crippen MR) is 113 cm³/mol. The molecule has 1 aliphatic carbocycles. The summed E-state index contributed by atoms with van der Waals surface area (Å²) in [6.07, 6.45) is 4.06. The van der Waals surface area contributed by atoms with Crippen LogP contribution >= 0.6 is 0 Å². The van der Waals surface area contributed by atoms with Crippen molar-refractivity contribution in [2.75, 3.05) is 25.6 Å². The number of ether oxygens (including phenoxy) is 1. The van der Waals surface area contributed by atoms with Gasteiger partial charge in [-0.05, 0) is 25.0 Å². The van der Waals surface area contributed by atoms with Crippen molar-refractivity contribution in [3.05, 3.63) is 29.8 Å². The van der Waals surface area contributed by atoms with Crippen molar-refractivity contribution in [3.8, 4) is 6.07 Å². The standard InChI is InChI=1S/C23H26N4O5/c1-25(22(15-24)11-6-3-7-12-22)19(29)14-32-21(31)23-13-10-18(28)27(23)17-9-5-4-8-16(17)20(30)26(23)2/h4-5,8-9H,3,6-7,10-14H2,1-2H3. The number of fused-ring (bicyclic) bond motifs is 3. The van der Waals surface area contributed by atoms with E-state index >= 15 is 0 Å². The monoisotopic (exact) mass is 438 g/mol. The van der Waals surface area contributed by atoms with Gasteiger partial charge in [0.2, 0.25) is 11.6 Å². The fraction of sp³-hybridized carbons (Fsp3) is 0.522. The number of nitrogens with zero attached hydrogens (tertiary/aromatic N) is 4. The highest BCUT2D eigenvalue weighted by Gasteiger charge is 2.61. The maximum Gasteiger partial charge on any atom is 0.354 e. The molecule has 9 nitrogen and oxygen atoms in total. The van der Waals surface area contributed by atoms with Crippen molar-refractivity contribution >= 4 is 29.4 Å². The number of benzene rings is 1. The molecule has 0 aromatic heterocycles. The number of anilines is 1. The molecule has 1 saturated carbocycles. The van der Waals surface area contributed by atoms with Gasteiger partial charge in [0.15, 0.2) is 6.61 Å². The second kappa shape index (κ2) is 7.93. The number of esters is 1. The quantitative estimate of drug-likeness (QED) is 0.663. The number of hydrogen-bond acceptors (Lipinski definition) is 6. The molecular formula is C23H26N4O5. The Kier molecular flexibility index (Phi) is 5.41. The SMILES string of the molecule is CN(C(=O)COC(=O)C12CCC(=O)N1c1ccccc1C(=O)N2C)C1(C#N)CCCCC1. The number of carbonyl (C=O) groups is 4. The van der Waals surface area contributed by atoms with E-state index in [1.165, 1.54) is 21.7 Å². The van der Waals surface area contributed by atoms with Gasteiger partial charge in [-0.15, -0.1) is 0 Å². The zero-order valence-corrected chi connectivity index (χ0v) is 18.3. The molecule has 1 unspecified atom stereocenters. The van der Waals surface area contributed by atoms with Gasteiger partial charge in [0.1, 0.15) is 5.54 Å². The minimum Gasteiger partial charge on any atom is -0.452 e. The van der Waals surface area contributed by atoms with E-state index in [0.29, 0.717) is 24.1 Å². The first-order valence-corrected chi connectivity index (χ1v) is 10.8. The molecule has 9 heteroatoms. The molecule has 168 valence electrons. The second-order valence-corrected chi connectivity index (χ2v) is 8.66. The first-order chi connectivity index (χ1) is 15.3. The van der Waals surface area contributed by atoms with Gasteiger partial charge in [-0.2, -0.15) is 5.26 Å². The van der Waals surface area contributed by atoms with E-state index in [2.05, 4.69) is 6.07 Å². The Labute approximate surface area is 186 Å². The van der Waals surface area contributed by atoms with Crippen LogP contribution in [0.15, 0.2) is 24.3 Å². The van der Waals surface area contributed by atoms with E-state index in [4.69, 9.17) is 4.74 Å². The largest absolute Gasteiger partial charge is 0.452 e. The smallest absolute Gasteiger partial charge is 0.354 e. The molecule has 2 heterocycles. The lowest BCUT2D eigenvalue weighted by atomic mass is 9.81. The van der Waals surface area contributed by atoms with Crippen LogP contribution < -0.4 is 4.90 Å². The second-order valence-electron chi connectivity index (χ2n) is 8.66. The Morgan fingerprint density at radius 1 is 1.16 bits per heavy atom. The van der Waals surface area contributed by atoms with Crippen LogP contribution in [0.25, 0.3) is 0 Å². The van der Waals surface area contributed by atoms with Crippen LogP contribution in [0.1, 0.15) is 55.3 Å². The van der Waals surface area contributed by atoms with Crippen molar-refractivity contribution in [3.63, 3.8) is 0 Å². The van der Waals surface area contributed by atoms with Gasteiger partial charge in [-0.3, -0.25) is 19.3 Å². The zero-order valence-electron chi connectivity index (χ0n) is 18.3. The molecular weight excluding hydrogens is 412 g/mol. The van der Waals surface area contributed by atoms with Gasteiger partial charge < -0.3 is 14.5 Å². The summed E-state index contributed by atoms with van der Waals surface area (Å²) < 4.78 is 5.40. The van der Waals surface area contributed by atoms with Crippen molar-refractivity contribution in [2.24, 2.45) is 0 Å². The maximum atomic E-state index is 13.3. The average Bonchev–Trinajstić information content (AvgIpc) is 3.19. The van der Waals surface area contributed by atoms with Gasteiger partial charge >= 0.3 is 5.97 Å².